The zero-order valence-corrected chi connectivity index (χ0v) is 12.2. The molecule has 0 atom stereocenters. The van der Waals surface area contributed by atoms with Gasteiger partial charge < -0.3 is 15.8 Å². The van der Waals surface area contributed by atoms with Gasteiger partial charge in [-0.2, -0.15) is 0 Å². The summed E-state index contributed by atoms with van der Waals surface area (Å²) in [4.78, 5) is 10.6. The molecule has 4 heteroatoms. The molecular weight excluding hydrogens is 240 g/mol. The molecule has 0 aliphatic rings. The van der Waals surface area contributed by atoms with Crippen molar-refractivity contribution >= 4 is 5.91 Å². The normalized spacial score (nSPS) is 10.8. The SMILES string of the molecule is COc1cc(C)c(CCNCC(N)=O)cc1C(C)C. The summed E-state index contributed by atoms with van der Waals surface area (Å²) in [7, 11) is 1.70. The summed E-state index contributed by atoms with van der Waals surface area (Å²) in [5, 5.41) is 3.03. The Labute approximate surface area is 115 Å². The maximum atomic E-state index is 10.6. The molecular formula is C15H24N2O2. The fraction of sp³-hybridized carbons (Fsp3) is 0.533. The second kappa shape index (κ2) is 7.14. The fourth-order valence-electron chi connectivity index (χ4n) is 2.08. The lowest BCUT2D eigenvalue weighted by Gasteiger charge is -2.16. The molecule has 0 unspecified atom stereocenters. The van der Waals surface area contributed by atoms with Gasteiger partial charge in [-0.3, -0.25) is 4.79 Å². The minimum atomic E-state index is -0.325. The first-order valence-corrected chi connectivity index (χ1v) is 6.62. The topological polar surface area (TPSA) is 64.3 Å². The van der Waals surface area contributed by atoms with Crippen molar-refractivity contribution in [1.29, 1.82) is 0 Å². The number of nitrogens with one attached hydrogen (secondary N) is 1. The monoisotopic (exact) mass is 264 g/mol. The highest BCUT2D eigenvalue weighted by atomic mass is 16.5. The van der Waals surface area contributed by atoms with Crippen LogP contribution >= 0.6 is 0 Å². The van der Waals surface area contributed by atoms with Crippen LogP contribution in [-0.2, 0) is 11.2 Å². The Morgan fingerprint density at radius 3 is 2.63 bits per heavy atom. The molecule has 1 amide bonds. The Morgan fingerprint density at radius 2 is 2.11 bits per heavy atom. The first-order valence-electron chi connectivity index (χ1n) is 6.62. The van der Waals surface area contributed by atoms with Crippen LogP contribution in [0, 0.1) is 6.92 Å². The van der Waals surface area contributed by atoms with Gasteiger partial charge >= 0.3 is 0 Å². The summed E-state index contributed by atoms with van der Waals surface area (Å²) in [5.74, 6) is 1.04. The third-order valence-corrected chi connectivity index (χ3v) is 3.18. The van der Waals surface area contributed by atoms with Crippen molar-refractivity contribution in [3.05, 3.63) is 28.8 Å². The van der Waals surface area contributed by atoms with Crippen molar-refractivity contribution in [2.24, 2.45) is 5.73 Å². The van der Waals surface area contributed by atoms with E-state index in [4.69, 9.17) is 10.5 Å². The van der Waals surface area contributed by atoms with Crippen molar-refractivity contribution in [3.8, 4) is 5.75 Å². The highest BCUT2D eigenvalue weighted by molar-refractivity contribution is 5.75. The number of ether oxygens (including phenoxy) is 1. The molecule has 0 radical (unpaired) electrons. The third-order valence-electron chi connectivity index (χ3n) is 3.18. The molecule has 0 aliphatic carbocycles. The van der Waals surface area contributed by atoms with Crippen LogP contribution in [0.2, 0.25) is 0 Å². The standard InChI is InChI=1S/C15H24N2O2/c1-10(2)13-8-12(5-6-17-9-15(16)18)11(3)7-14(13)19-4/h7-8,10,17H,5-6,9H2,1-4H3,(H2,16,18). The molecule has 0 aliphatic heterocycles. The molecule has 0 spiro atoms. The van der Waals surface area contributed by atoms with E-state index in [9.17, 15) is 4.79 Å². The average molecular weight is 264 g/mol. The minimum Gasteiger partial charge on any atom is -0.496 e. The van der Waals surface area contributed by atoms with Crippen molar-refractivity contribution in [3.63, 3.8) is 0 Å². The lowest BCUT2D eigenvalue weighted by Crippen LogP contribution is -2.30. The highest BCUT2D eigenvalue weighted by Gasteiger charge is 2.11. The molecule has 0 saturated heterocycles. The second-order valence-corrected chi connectivity index (χ2v) is 5.07. The van der Waals surface area contributed by atoms with Gasteiger partial charge in [-0.05, 0) is 48.6 Å². The molecule has 0 aromatic heterocycles. The number of aryl methyl sites for hydroxylation is 1. The van der Waals surface area contributed by atoms with E-state index in [1.54, 1.807) is 7.11 Å². The summed E-state index contributed by atoms with van der Waals surface area (Å²) in [6.07, 6.45) is 0.878. The van der Waals surface area contributed by atoms with Gasteiger partial charge in [-0.1, -0.05) is 19.9 Å². The van der Waals surface area contributed by atoms with E-state index >= 15 is 0 Å². The molecule has 3 N–H and O–H groups in total. The van der Waals surface area contributed by atoms with E-state index in [0.717, 1.165) is 18.7 Å². The third kappa shape index (κ3) is 4.56. The molecule has 0 fully saturated rings. The van der Waals surface area contributed by atoms with E-state index in [-0.39, 0.29) is 12.5 Å². The van der Waals surface area contributed by atoms with E-state index in [0.29, 0.717) is 5.92 Å². The Bertz CT molecular complexity index is 442. The maximum absolute atomic E-state index is 10.6. The van der Waals surface area contributed by atoms with Gasteiger partial charge in [0.15, 0.2) is 0 Å². The van der Waals surface area contributed by atoms with Gasteiger partial charge in [0, 0.05) is 0 Å². The largest absolute Gasteiger partial charge is 0.496 e. The van der Waals surface area contributed by atoms with Crippen LogP contribution < -0.4 is 15.8 Å². The van der Waals surface area contributed by atoms with Gasteiger partial charge in [0.05, 0.1) is 13.7 Å². The number of rotatable bonds is 7. The number of primary amides is 1. The lowest BCUT2D eigenvalue weighted by molar-refractivity contribution is -0.117. The molecule has 1 aromatic rings. The molecule has 4 nitrogen and oxygen atoms in total. The zero-order valence-electron chi connectivity index (χ0n) is 12.2. The first-order chi connectivity index (χ1) is 8.95. The summed E-state index contributed by atoms with van der Waals surface area (Å²) in [5.41, 5.74) is 8.80. The van der Waals surface area contributed by atoms with Gasteiger partial charge in [0.1, 0.15) is 5.75 Å². The minimum absolute atomic E-state index is 0.228. The highest BCUT2D eigenvalue weighted by Crippen LogP contribution is 2.29. The maximum Gasteiger partial charge on any atom is 0.231 e. The van der Waals surface area contributed by atoms with Crippen LogP contribution in [0.5, 0.6) is 5.75 Å². The predicted octanol–water partition coefficient (Wildman–Crippen LogP) is 1.74. The zero-order chi connectivity index (χ0) is 14.4. The predicted molar refractivity (Wildman–Crippen MR) is 77.6 cm³/mol. The van der Waals surface area contributed by atoms with Crippen LogP contribution in [0.4, 0.5) is 0 Å². The van der Waals surface area contributed by atoms with Crippen molar-refractivity contribution in [2.75, 3.05) is 20.2 Å². The fourth-order valence-corrected chi connectivity index (χ4v) is 2.08. The number of amides is 1. The van der Waals surface area contributed by atoms with Crippen LogP contribution in [0.15, 0.2) is 12.1 Å². The van der Waals surface area contributed by atoms with E-state index < -0.39 is 0 Å². The second-order valence-electron chi connectivity index (χ2n) is 5.07. The quantitative estimate of drug-likeness (QED) is 0.737. The number of hydrogen-bond acceptors (Lipinski definition) is 3. The van der Waals surface area contributed by atoms with Crippen LogP contribution in [-0.4, -0.2) is 26.1 Å². The molecule has 1 aromatic carbocycles. The van der Waals surface area contributed by atoms with Gasteiger partial charge in [-0.25, -0.2) is 0 Å². The van der Waals surface area contributed by atoms with Crippen LogP contribution in [0.3, 0.4) is 0 Å². The van der Waals surface area contributed by atoms with E-state index in [2.05, 4.69) is 38.2 Å². The summed E-state index contributed by atoms with van der Waals surface area (Å²) >= 11 is 0. The average Bonchev–Trinajstić information content (AvgIpc) is 2.34. The Morgan fingerprint density at radius 1 is 1.42 bits per heavy atom. The number of nitrogens with two attached hydrogens (primary N) is 1. The van der Waals surface area contributed by atoms with Gasteiger partial charge in [0.25, 0.3) is 0 Å². The Balaban J connectivity index is 2.77. The summed E-state index contributed by atoms with van der Waals surface area (Å²) in [6.45, 7) is 7.36. The van der Waals surface area contributed by atoms with Crippen molar-refractivity contribution in [2.45, 2.75) is 33.1 Å². The molecule has 1 rings (SSSR count). The number of carbonyl (C=O) groups is 1. The molecule has 0 bridgehead atoms. The van der Waals surface area contributed by atoms with E-state index in [1.807, 2.05) is 0 Å². The molecule has 0 saturated carbocycles. The summed E-state index contributed by atoms with van der Waals surface area (Å²) < 4.78 is 5.42. The van der Waals surface area contributed by atoms with Gasteiger partial charge in [-0.15, -0.1) is 0 Å². The van der Waals surface area contributed by atoms with Crippen molar-refractivity contribution < 1.29 is 9.53 Å². The number of hydrogen-bond donors (Lipinski definition) is 2. The smallest absolute Gasteiger partial charge is 0.231 e. The Hall–Kier alpha value is -1.55. The Kier molecular flexibility index (Phi) is 5.83. The molecule has 0 heterocycles. The van der Waals surface area contributed by atoms with Crippen LogP contribution in [0.1, 0.15) is 36.5 Å². The number of methoxy groups -OCH3 is 1. The lowest BCUT2D eigenvalue weighted by atomic mass is 9.95. The van der Waals surface area contributed by atoms with Crippen LogP contribution in [0.25, 0.3) is 0 Å². The molecule has 106 valence electrons. The number of carbonyl (C=O) groups excluding carboxylic acids is 1. The van der Waals surface area contributed by atoms with Gasteiger partial charge in [0.2, 0.25) is 5.91 Å². The number of benzene rings is 1. The van der Waals surface area contributed by atoms with Crippen molar-refractivity contribution in [1.82, 2.24) is 5.32 Å². The first kappa shape index (κ1) is 15.5. The summed E-state index contributed by atoms with van der Waals surface area (Å²) in [6, 6.07) is 4.28. The van der Waals surface area contributed by atoms with E-state index in [1.165, 1.54) is 16.7 Å². The molecule has 19 heavy (non-hydrogen) atoms.